The lowest BCUT2D eigenvalue weighted by molar-refractivity contribution is 0.0697. The first-order valence-corrected chi connectivity index (χ1v) is 6.58. The quantitative estimate of drug-likeness (QED) is 0.899. The number of hydrogen-bond donors (Lipinski definition) is 2. The standard InChI is InChI=1S/C11H5Cl2FN2O3S/c12-7-8(20-16-9(7)13)10(17)15-6-2-1-4(14)3-5(6)11(18)19/h1-3H,(H,15,17)(H,18,19). The van der Waals surface area contributed by atoms with E-state index in [0.717, 1.165) is 29.7 Å². The summed E-state index contributed by atoms with van der Waals surface area (Å²) in [6, 6.07) is 2.98. The van der Waals surface area contributed by atoms with E-state index in [9.17, 15) is 14.0 Å². The van der Waals surface area contributed by atoms with E-state index in [4.69, 9.17) is 28.3 Å². The van der Waals surface area contributed by atoms with Crippen molar-refractivity contribution in [2.45, 2.75) is 0 Å². The second kappa shape index (κ2) is 5.74. The highest BCUT2D eigenvalue weighted by Crippen LogP contribution is 2.29. The lowest BCUT2D eigenvalue weighted by Gasteiger charge is -2.07. The Bertz CT molecular complexity index is 705. The summed E-state index contributed by atoms with van der Waals surface area (Å²) < 4.78 is 16.7. The highest BCUT2D eigenvalue weighted by Gasteiger charge is 2.20. The van der Waals surface area contributed by atoms with E-state index in [1.807, 2.05) is 0 Å². The van der Waals surface area contributed by atoms with Gasteiger partial charge in [0.25, 0.3) is 5.91 Å². The number of amides is 1. The fourth-order valence-corrected chi connectivity index (χ4v) is 2.49. The Kier molecular flexibility index (Phi) is 4.22. The maximum atomic E-state index is 13.0. The third kappa shape index (κ3) is 2.90. The normalized spacial score (nSPS) is 10.3. The molecule has 0 radical (unpaired) electrons. The number of carbonyl (C=O) groups is 2. The molecule has 0 saturated carbocycles. The lowest BCUT2D eigenvalue weighted by atomic mass is 10.1. The molecule has 0 unspecified atom stereocenters. The van der Waals surface area contributed by atoms with Crippen LogP contribution in [0.2, 0.25) is 10.2 Å². The van der Waals surface area contributed by atoms with E-state index in [1.165, 1.54) is 0 Å². The van der Waals surface area contributed by atoms with Crippen LogP contribution in [0.1, 0.15) is 20.0 Å². The van der Waals surface area contributed by atoms with E-state index in [1.54, 1.807) is 0 Å². The molecule has 0 spiro atoms. The average molecular weight is 335 g/mol. The maximum Gasteiger partial charge on any atom is 0.337 e. The number of aromatic nitrogens is 1. The number of nitrogens with zero attached hydrogens (tertiary/aromatic N) is 1. The Morgan fingerprint density at radius 1 is 1.35 bits per heavy atom. The average Bonchev–Trinajstić information content (AvgIpc) is 2.72. The number of hydrogen-bond acceptors (Lipinski definition) is 4. The van der Waals surface area contributed by atoms with Gasteiger partial charge in [0.1, 0.15) is 15.7 Å². The molecular weight excluding hydrogens is 330 g/mol. The van der Waals surface area contributed by atoms with Gasteiger partial charge >= 0.3 is 5.97 Å². The second-order valence-corrected chi connectivity index (χ2v) is 5.08. The monoisotopic (exact) mass is 334 g/mol. The molecule has 9 heteroatoms. The zero-order chi connectivity index (χ0) is 14.9. The number of halogens is 3. The van der Waals surface area contributed by atoms with E-state index in [2.05, 4.69) is 9.69 Å². The zero-order valence-electron chi connectivity index (χ0n) is 9.49. The molecular formula is C11H5Cl2FN2O3S. The van der Waals surface area contributed by atoms with Crippen LogP contribution in [0.3, 0.4) is 0 Å². The summed E-state index contributed by atoms with van der Waals surface area (Å²) in [4.78, 5) is 23.0. The smallest absolute Gasteiger partial charge is 0.337 e. The van der Waals surface area contributed by atoms with Gasteiger partial charge in [0.15, 0.2) is 5.15 Å². The number of rotatable bonds is 3. The van der Waals surface area contributed by atoms with Crippen molar-refractivity contribution in [3.63, 3.8) is 0 Å². The summed E-state index contributed by atoms with van der Waals surface area (Å²) in [6.45, 7) is 0. The summed E-state index contributed by atoms with van der Waals surface area (Å²) >= 11 is 12.2. The van der Waals surface area contributed by atoms with Crippen molar-refractivity contribution < 1.29 is 19.1 Å². The van der Waals surface area contributed by atoms with Crippen LogP contribution in [0.4, 0.5) is 10.1 Å². The van der Waals surface area contributed by atoms with E-state index < -0.39 is 17.7 Å². The minimum atomic E-state index is -1.37. The summed E-state index contributed by atoms with van der Waals surface area (Å²) in [6.07, 6.45) is 0. The summed E-state index contributed by atoms with van der Waals surface area (Å²) in [5.41, 5.74) is -0.422. The Hall–Kier alpha value is -1.70. The van der Waals surface area contributed by atoms with E-state index in [0.29, 0.717) is 0 Å². The SMILES string of the molecule is O=C(O)c1cc(F)ccc1NC(=O)c1snc(Cl)c1Cl. The van der Waals surface area contributed by atoms with Gasteiger partial charge in [0.05, 0.1) is 11.3 Å². The first kappa shape index (κ1) is 14.7. The van der Waals surface area contributed by atoms with Gasteiger partial charge in [-0.1, -0.05) is 23.2 Å². The number of carboxylic acids is 1. The van der Waals surface area contributed by atoms with Crippen LogP contribution in [0.15, 0.2) is 18.2 Å². The van der Waals surface area contributed by atoms with Gasteiger partial charge in [-0.25, -0.2) is 9.18 Å². The van der Waals surface area contributed by atoms with Crippen LogP contribution in [-0.2, 0) is 0 Å². The lowest BCUT2D eigenvalue weighted by Crippen LogP contribution is -2.14. The van der Waals surface area contributed by atoms with Crippen molar-refractivity contribution in [2.75, 3.05) is 5.32 Å². The molecule has 1 aromatic heterocycles. The van der Waals surface area contributed by atoms with Crippen molar-refractivity contribution in [3.05, 3.63) is 44.6 Å². The van der Waals surface area contributed by atoms with Crippen LogP contribution in [0.25, 0.3) is 0 Å². The molecule has 1 amide bonds. The van der Waals surface area contributed by atoms with Gasteiger partial charge in [-0.2, -0.15) is 4.37 Å². The molecule has 20 heavy (non-hydrogen) atoms. The maximum absolute atomic E-state index is 13.0. The molecule has 0 aliphatic heterocycles. The molecule has 104 valence electrons. The zero-order valence-corrected chi connectivity index (χ0v) is 11.8. The molecule has 5 nitrogen and oxygen atoms in total. The Balaban J connectivity index is 2.33. The van der Waals surface area contributed by atoms with Crippen molar-refractivity contribution in [1.29, 1.82) is 0 Å². The Morgan fingerprint density at radius 2 is 2.05 bits per heavy atom. The fraction of sp³-hybridized carbons (Fsp3) is 0. The topological polar surface area (TPSA) is 79.3 Å². The highest BCUT2D eigenvalue weighted by atomic mass is 35.5. The third-order valence-electron chi connectivity index (χ3n) is 2.26. The van der Waals surface area contributed by atoms with Gasteiger partial charge in [-0.15, -0.1) is 0 Å². The van der Waals surface area contributed by atoms with Crippen LogP contribution < -0.4 is 5.32 Å². The first-order valence-electron chi connectivity index (χ1n) is 5.05. The largest absolute Gasteiger partial charge is 0.478 e. The molecule has 0 fully saturated rings. The molecule has 0 aliphatic carbocycles. The van der Waals surface area contributed by atoms with Crippen molar-refractivity contribution in [2.24, 2.45) is 0 Å². The molecule has 0 bridgehead atoms. The minimum Gasteiger partial charge on any atom is -0.478 e. The van der Waals surface area contributed by atoms with Gasteiger partial charge in [-0.3, -0.25) is 4.79 Å². The van der Waals surface area contributed by atoms with Crippen molar-refractivity contribution in [1.82, 2.24) is 4.37 Å². The first-order chi connectivity index (χ1) is 9.40. The highest BCUT2D eigenvalue weighted by molar-refractivity contribution is 7.09. The molecule has 0 aliphatic rings. The van der Waals surface area contributed by atoms with Gasteiger partial charge in [-0.05, 0) is 29.7 Å². The molecule has 0 saturated heterocycles. The number of carboxylic acid groups (broad SMARTS) is 1. The number of nitrogens with one attached hydrogen (secondary N) is 1. The molecule has 2 rings (SSSR count). The van der Waals surface area contributed by atoms with Crippen molar-refractivity contribution in [3.8, 4) is 0 Å². The number of aromatic carboxylic acids is 1. The van der Waals surface area contributed by atoms with E-state index in [-0.39, 0.29) is 26.3 Å². The van der Waals surface area contributed by atoms with Crippen molar-refractivity contribution >= 4 is 52.3 Å². The minimum absolute atomic E-state index is 0.0145. The molecule has 2 N–H and O–H groups in total. The van der Waals surface area contributed by atoms with Crippen LogP contribution in [0.5, 0.6) is 0 Å². The predicted molar refractivity (Wildman–Crippen MR) is 73.4 cm³/mol. The fourth-order valence-electron chi connectivity index (χ4n) is 1.38. The van der Waals surface area contributed by atoms with Gasteiger partial charge in [0, 0.05) is 0 Å². The third-order valence-corrected chi connectivity index (χ3v) is 4.06. The molecule has 1 aromatic carbocycles. The molecule has 1 heterocycles. The number of carbonyl (C=O) groups excluding carboxylic acids is 1. The van der Waals surface area contributed by atoms with Gasteiger partial charge in [0.2, 0.25) is 0 Å². The second-order valence-electron chi connectivity index (χ2n) is 3.57. The Morgan fingerprint density at radius 3 is 2.60 bits per heavy atom. The Labute approximate surface area is 126 Å². The summed E-state index contributed by atoms with van der Waals surface area (Å²) in [7, 11) is 0. The molecule has 2 aromatic rings. The predicted octanol–water partition coefficient (Wildman–Crippen LogP) is 3.54. The number of anilines is 1. The van der Waals surface area contributed by atoms with Crippen LogP contribution >= 0.6 is 34.7 Å². The van der Waals surface area contributed by atoms with Gasteiger partial charge < -0.3 is 10.4 Å². The summed E-state index contributed by atoms with van der Waals surface area (Å²) in [5, 5.41) is 11.3. The number of benzene rings is 1. The summed E-state index contributed by atoms with van der Waals surface area (Å²) in [5.74, 6) is -2.76. The molecule has 0 atom stereocenters. The van der Waals surface area contributed by atoms with Crippen LogP contribution in [-0.4, -0.2) is 21.4 Å². The van der Waals surface area contributed by atoms with E-state index >= 15 is 0 Å². The van der Waals surface area contributed by atoms with Crippen LogP contribution in [0, 0.1) is 5.82 Å².